The zero-order chi connectivity index (χ0) is 31.3. The fourth-order valence-corrected chi connectivity index (χ4v) is 9.08. The zero-order valence-corrected chi connectivity index (χ0v) is 26.8. The second-order valence-electron chi connectivity index (χ2n) is 13.0. The first kappa shape index (κ1) is 26.6. The molecule has 4 heteroatoms. The summed E-state index contributed by atoms with van der Waals surface area (Å²) in [6.07, 6.45) is 0. The predicted molar refractivity (Wildman–Crippen MR) is 198 cm³/mol. The van der Waals surface area contributed by atoms with E-state index in [1.54, 1.807) is 0 Å². The minimum Gasteiger partial charge on any atom is -0.309 e. The summed E-state index contributed by atoms with van der Waals surface area (Å²) in [4.78, 5) is 10.5. The van der Waals surface area contributed by atoms with Crippen LogP contribution in [0.4, 0.5) is 0 Å². The molecule has 10 rings (SSSR count). The molecule has 3 heterocycles. The fourth-order valence-electron chi connectivity index (χ4n) is 7.82. The summed E-state index contributed by atoms with van der Waals surface area (Å²) in [7, 11) is 0. The molecular weight excluding hydrogens is 591 g/mol. The highest BCUT2D eigenvalue weighted by Crippen LogP contribution is 2.51. The van der Waals surface area contributed by atoms with Gasteiger partial charge in [0.05, 0.1) is 22.4 Å². The van der Waals surface area contributed by atoms with Crippen molar-refractivity contribution in [3.8, 4) is 39.6 Å². The third-order valence-electron chi connectivity index (χ3n) is 10.0. The van der Waals surface area contributed by atoms with E-state index in [-0.39, 0.29) is 5.41 Å². The number of para-hydroxylation sites is 1. The molecule has 0 unspecified atom stereocenters. The minimum atomic E-state index is -0.225. The molecule has 222 valence electrons. The van der Waals surface area contributed by atoms with Gasteiger partial charge in [0.25, 0.3) is 0 Å². The Morgan fingerprint density at radius 3 is 2.11 bits per heavy atom. The first-order chi connectivity index (χ1) is 23.1. The molecule has 0 bridgehead atoms. The highest BCUT2D eigenvalue weighted by molar-refractivity contribution is 7.26. The number of aromatic nitrogens is 3. The van der Waals surface area contributed by atoms with Crippen LogP contribution in [-0.4, -0.2) is 14.5 Å². The molecule has 0 spiro atoms. The van der Waals surface area contributed by atoms with E-state index in [4.69, 9.17) is 9.97 Å². The lowest BCUT2D eigenvalue weighted by Gasteiger charge is -2.24. The summed E-state index contributed by atoms with van der Waals surface area (Å²) in [5.41, 5.74) is 11.2. The Labute approximate surface area is 276 Å². The van der Waals surface area contributed by atoms with Crippen molar-refractivity contribution in [3.05, 3.63) is 151 Å². The zero-order valence-electron chi connectivity index (χ0n) is 26.0. The summed E-state index contributed by atoms with van der Waals surface area (Å²) in [5, 5.41) is 5.26. The van der Waals surface area contributed by atoms with Gasteiger partial charge in [0.1, 0.15) is 0 Å². The number of rotatable bonds is 3. The van der Waals surface area contributed by atoms with Crippen LogP contribution in [-0.2, 0) is 5.41 Å². The van der Waals surface area contributed by atoms with E-state index in [1.807, 2.05) is 17.4 Å². The minimum absolute atomic E-state index is 0.225. The van der Waals surface area contributed by atoms with Crippen molar-refractivity contribution in [3.63, 3.8) is 0 Å². The Bertz CT molecular complexity index is 2700. The van der Waals surface area contributed by atoms with Crippen molar-refractivity contribution in [1.82, 2.24) is 14.5 Å². The summed E-state index contributed by atoms with van der Waals surface area (Å²) >= 11 is 1.89. The van der Waals surface area contributed by atoms with E-state index < -0.39 is 0 Å². The molecule has 0 radical (unpaired) electrons. The van der Waals surface area contributed by atoms with E-state index in [0.29, 0.717) is 0 Å². The molecule has 9 aromatic rings. The largest absolute Gasteiger partial charge is 0.309 e. The number of benzene rings is 6. The Hall–Kier alpha value is -5.58. The number of hydrogen-bond donors (Lipinski definition) is 0. The van der Waals surface area contributed by atoms with E-state index in [0.717, 1.165) is 34.0 Å². The van der Waals surface area contributed by atoms with E-state index in [2.05, 4.69) is 152 Å². The van der Waals surface area contributed by atoms with Crippen molar-refractivity contribution >= 4 is 53.3 Å². The lowest BCUT2D eigenvalue weighted by atomic mass is 9.81. The summed E-state index contributed by atoms with van der Waals surface area (Å²) in [6, 6.07) is 50.1. The molecule has 0 atom stereocenters. The van der Waals surface area contributed by atoms with Crippen LogP contribution < -0.4 is 0 Å². The van der Waals surface area contributed by atoms with Crippen LogP contribution in [0, 0.1) is 0 Å². The van der Waals surface area contributed by atoms with E-state index in [1.165, 1.54) is 58.7 Å². The third-order valence-corrected chi connectivity index (χ3v) is 11.2. The van der Waals surface area contributed by atoms with Crippen molar-refractivity contribution in [2.24, 2.45) is 0 Å². The van der Waals surface area contributed by atoms with E-state index in [9.17, 15) is 0 Å². The first-order valence-corrected chi connectivity index (χ1v) is 16.9. The van der Waals surface area contributed by atoms with Gasteiger partial charge in [0.2, 0.25) is 0 Å². The van der Waals surface area contributed by atoms with Gasteiger partial charge in [0, 0.05) is 64.3 Å². The smallest absolute Gasteiger partial charge is 0.160 e. The Balaban J connectivity index is 1.19. The topological polar surface area (TPSA) is 30.7 Å². The maximum Gasteiger partial charge on any atom is 0.160 e. The third kappa shape index (κ3) is 3.73. The molecule has 1 aliphatic rings. The molecule has 0 saturated heterocycles. The predicted octanol–water partition coefficient (Wildman–Crippen LogP) is 11.6. The molecule has 0 saturated carbocycles. The standard InChI is InChI=1S/C43H29N3S/c1-43(2)33-17-9-6-15-31(33)40-38(43)39(44-42(45-40)27-12-4-3-5-13-27)26-20-22-28(23-21-26)46-34-18-10-7-16-32(34)37-35(46)25-24-30-29-14-8-11-19-36(29)47-41(30)37/h3-25H,1-2H3. The molecule has 0 N–H and O–H groups in total. The van der Waals surface area contributed by atoms with Gasteiger partial charge in [-0.15, -0.1) is 11.3 Å². The van der Waals surface area contributed by atoms with Crippen molar-refractivity contribution < 1.29 is 0 Å². The Morgan fingerprint density at radius 2 is 1.26 bits per heavy atom. The van der Waals surface area contributed by atoms with Gasteiger partial charge in [-0.2, -0.15) is 0 Å². The fraction of sp³-hybridized carbons (Fsp3) is 0.0698. The first-order valence-electron chi connectivity index (χ1n) is 16.1. The average molecular weight is 620 g/mol. The second kappa shape index (κ2) is 9.71. The van der Waals surface area contributed by atoms with Gasteiger partial charge in [-0.25, -0.2) is 9.97 Å². The Kier molecular flexibility index (Phi) is 5.50. The van der Waals surface area contributed by atoms with Gasteiger partial charge >= 0.3 is 0 Å². The van der Waals surface area contributed by atoms with Crippen LogP contribution >= 0.6 is 11.3 Å². The van der Waals surface area contributed by atoms with Gasteiger partial charge in [0.15, 0.2) is 5.82 Å². The van der Waals surface area contributed by atoms with Crippen molar-refractivity contribution in [1.29, 1.82) is 0 Å². The normalized spacial score (nSPS) is 13.5. The molecule has 0 aliphatic heterocycles. The molecule has 0 amide bonds. The Morgan fingerprint density at radius 1 is 0.553 bits per heavy atom. The van der Waals surface area contributed by atoms with Crippen molar-refractivity contribution in [2.75, 3.05) is 0 Å². The van der Waals surface area contributed by atoms with Gasteiger partial charge in [-0.1, -0.05) is 123 Å². The molecule has 0 fully saturated rings. The monoisotopic (exact) mass is 619 g/mol. The second-order valence-corrected chi connectivity index (χ2v) is 14.0. The maximum atomic E-state index is 5.29. The van der Waals surface area contributed by atoms with Gasteiger partial charge < -0.3 is 4.57 Å². The molecular formula is C43H29N3S. The van der Waals surface area contributed by atoms with Crippen LogP contribution in [0.5, 0.6) is 0 Å². The van der Waals surface area contributed by atoms with Gasteiger partial charge in [-0.3, -0.25) is 0 Å². The number of hydrogen-bond acceptors (Lipinski definition) is 3. The van der Waals surface area contributed by atoms with Crippen LogP contribution in [0.2, 0.25) is 0 Å². The molecule has 3 aromatic heterocycles. The summed E-state index contributed by atoms with van der Waals surface area (Å²) < 4.78 is 5.09. The lowest BCUT2D eigenvalue weighted by molar-refractivity contribution is 0.658. The highest BCUT2D eigenvalue weighted by atomic mass is 32.1. The molecule has 47 heavy (non-hydrogen) atoms. The molecule has 3 nitrogen and oxygen atoms in total. The van der Waals surface area contributed by atoms with Crippen LogP contribution in [0.15, 0.2) is 140 Å². The van der Waals surface area contributed by atoms with Crippen molar-refractivity contribution in [2.45, 2.75) is 19.3 Å². The van der Waals surface area contributed by atoms with Gasteiger partial charge in [-0.05, 0) is 35.9 Å². The van der Waals surface area contributed by atoms with E-state index >= 15 is 0 Å². The number of nitrogens with zero attached hydrogens (tertiary/aromatic N) is 3. The summed E-state index contributed by atoms with van der Waals surface area (Å²) in [6.45, 7) is 4.60. The van der Waals surface area contributed by atoms with Crippen LogP contribution in [0.25, 0.3) is 81.6 Å². The quantitative estimate of drug-likeness (QED) is 0.197. The maximum absolute atomic E-state index is 5.29. The SMILES string of the molecule is CC1(C)c2ccccc2-c2nc(-c3ccccc3)nc(-c3ccc(-n4c5ccccc5c5c6sc7ccccc7c6ccc54)cc3)c21. The number of thiophene rings is 1. The lowest BCUT2D eigenvalue weighted by Crippen LogP contribution is -2.17. The summed E-state index contributed by atoms with van der Waals surface area (Å²) in [5.74, 6) is 0.755. The van der Waals surface area contributed by atoms with Crippen LogP contribution in [0.1, 0.15) is 25.0 Å². The number of fused-ring (bicyclic) bond motifs is 10. The van der Waals surface area contributed by atoms with Crippen LogP contribution in [0.3, 0.4) is 0 Å². The average Bonchev–Trinajstić information content (AvgIpc) is 3.74. The highest BCUT2D eigenvalue weighted by Gasteiger charge is 2.40. The molecule has 6 aromatic carbocycles. The molecule has 1 aliphatic carbocycles.